The number of nitrogens with zero attached hydrogens (tertiary/aromatic N) is 1. The minimum absolute atomic E-state index is 0.0344. The zero-order chi connectivity index (χ0) is 15.1. The van der Waals surface area contributed by atoms with Crippen LogP contribution < -0.4 is 10.6 Å². The number of hydrogen-bond donors (Lipinski definition) is 3. The number of urea groups is 1. The van der Waals surface area contributed by atoms with Gasteiger partial charge in [-0.1, -0.05) is 0 Å². The van der Waals surface area contributed by atoms with Crippen LogP contribution in [0.3, 0.4) is 0 Å². The molecular formula is C13H23N3O4. The van der Waals surface area contributed by atoms with E-state index in [0.717, 1.165) is 6.42 Å². The molecule has 0 aliphatic carbocycles. The molecule has 0 aromatic rings. The first-order valence-electron chi connectivity index (χ1n) is 6.92. The maximum absolute atomic E-state index is 11.8. The van der Waals surface area contributed by atoms with Crippen molar-refractivity contribution in [1.29, 1.82) is 0 Å². The predicted molar refractivity (Wildman–Crippen MR) is 73.2 cm³/mol. The minimum Gasteiger partial charge on any atom is -0.481 e. The summed E-state index contributed by atoms with van der Waals surface area (Å²) in [4.78, 5) is 35.4. The van der Waals surface area contributed by atoms with Crippen LogP contribution in [0.25, 0.3) is 0 Å². The molecular weight excluding hydrogens is 262 g/mol. The van der Waals surface area contributed by atoms with Crippen molar-refractivity contribution < 1.29 is 19.5 Å². The van der Waals surface area contributed by atoms with E-state index in [1.807, 2.05) is 13.8 Å². The molecule has 1 saturated heterocycles. The molecule has 114 valence electrons. The summed E-state index contributed by atoms with van der Waals surface area (Å²) < 4.78 is 0. The lowest BCUT2D eigenvalue weighted by Crippen LogP contribution is -2.44. The zero-order valence-electron chi connectivity index (χ0n) is 12.0. The molecule has 1 heterocycles. The number of carboxylic acids is 1. The van der Waals surface area contributed by atoms with Crippen LogP contribution in [0.1, 0.15) is 33.1 Å². The summed E-state index contributed by atoms with van der Waals surface area (Å²) in [6, 6.07) is -0.215. The molecule has 0 aromatic heterocycles. The van der Waals surface area contributed by atoms with E-state index < -0.39 is 5.97 Å². The number of carbonyl (C=O) groups excluding carboxylic acids is 2. The van der Waals surface area contributed by atoms with Crippen LogP contribution in [-0.4, -0.2) is 53.6 Å². The van der Waals surface area contributed by atoms with Gasteiger partial charge in [-0.2, -0.15) is 0 Å². The third-order valence-corrected chi connectivity index (χ3v) is 3.19. The second-order valence-electron chi connectivity index (χ2n) is 5.41. The van der Waals surface area contributed by atoms with Gasteiger partial charge in [0.15, 0.2) is 0 Å². The summed E-state index contributed by atoms with van der Waals surface area (Å²) in [5.74, 6) is -0.783. The highest BCUT2D eigenvalue weighted by Crippen LogP contribution is 2.20. The van der Waals surface area contributed by atoms with Crippen LogP contribution in [0.2, 0.25) is 0 Å². The Morgan fingerprint density at radius 1 is 1.35 bits per heavy atom. The highest BCUT2D eigenvalue weighted by molar-refractivity contribution is 5.84. The summed E-state index contributed by atoms with van der Waals surface area (Å²) >= 11 is 0. The number of rotatable bonds is 6. The molecule has 1 unspecified atom stereocenters. The molecule has 1 aliphatic rings. The number of nitrogens with one attached hydrogen (secondary N) is 2. The number of amides is 3. The summed E-state index contributed by atoms with van der Waals surface area (Å²) in [5, 5.41) is 13.9. The van der Waals surface area contributed by atoms with E-state index in [0.29, 0.717) is 19.5 Å². The summed E-state index contributed by atoms with van der Waals surface area (Å²) in [7, 11) is 0. The molecule has 1 fully saturated rings. The number of hydrogen-bond acceptors (Lipinski definition) is 3. The van der Waals surface area contributed by atoms with Gasteiger partial charge in [-0.05, 0) is 32.6 Å². The van der Waals surface area contributed by atoms with Gasteiger partial charge >= 0.3 is 12.0 Å². The second kappa shape index (κ2) is 7.72. The number of aliphatic carboxylic acids is 1. The Hall–Kier alpha value is -1.79. The molecule has 1 aliphatic heterocycles. The Labute approximate surface area is 118 Å². The van der Waals surface area contributed by atoms with Gasteiger partial charge < -0.3 is 20.6 Å². The van der Waals surface area contributed by atoms with Crippen molar-refractivity contribution in [3.8, 4) is 0 Å². The predicted octanol–water partition coefficient (Wildman–Crippen LogP) is 0.407. The van der Waals surface area contributed by atoms with Crippen LogP contribution in [0.15, 0.2) is 0 Å². The van der Waals surface area contributed by atoms with Gasteiger partial charge in [-0.3, -0.25) is 9.59 Å². The van der Waals surface area contributed by atoms with Crippen molar-refractivity contribution in [3.05, 3.63) is 0 Å². The maximum atomic E-state index is 11.8. The largest absolute Gasteiger partial charge is 0.481 e. The average molecular weight is 285 g/mol. The van der Waals surface area contributed by atoms with Crippen molar-refractivity contribution in [2.45, 2.75) is 39.2 Å². The SMILES string of the molecule is CC(C)NC(=O)CNC(=O)N1CCC(CCC(=O)O)C1. The van der Waals surface area contributed by atoms with E-state index >= 15 is 0 Å². The van der Waals surface area contributed by atoms with E-state index in [9.17, 15) is 14.4 Å². The topological polar surface area (TPSA) is 98.7 Å². The normalized spacial score (nSPS) is 18.1. The molecule has 1 rings (SSSR count). The second-order valence-corrected chi connectivity index (χ2v) is 5.41. The molecule has 7 nitrogen and oxygen atoms in total. The highest BCUT2D eigenvalue weighted by Gasteiger charge is 2.26. The first-order valence-corrected chi connectivity index (χ1v) is 6.92. The zero-order valence-corrected chi connectivity index (χ0v) is 12.0. The fourth-order valence-electron chi connectivity index (χ4n) is 2.22. The summed E-state index contributed by atoms with van der Waals surface area (Å²) in [5.41, 5.74) is 0. The Morgan fingerprint density at radius 2 is 2.05 bits per heavy atom. The molecule has 20 heavy (non-hydrogen) atoms. The van der Waals surface area contributed by atoms with Crippen LogP contribution in [0.4, 0.5) is 4.79 Å². The van der Waals surface area contributed by atoms with Crippen LogP contribution in [0, 0.1) is 5.92 Å². The van der Waals surface area contributed by atoms with Gasteiger partial charge in [-0.25, -0.2) is 4.79 Å². The lowest BCUT2D eigenvalue weighted by molar-refractivity contribution is -0.137. The molecule has 0 bridgehead atoms. The molecule has 7 heteroatoms. The van der Waals surface area contributed by atoms with E-state index in [2.05, 4.69) is 10.6 Å². The van der Waals surface area contributed by atoms with E-state index in [1.165, 1.54) is 0 Å². The van der Waals surface area contributed by atoms with E-state index in [1.54, 1.807) is 4.90 Å². The van der Waals surface area contributed by atoms with Crippen LogP contribution in [-0.2, 0) is 9.59 Å². The first-order chi connectivity index (χ1) is 9.38. The Morgan fingerprint density at radius 3 is 2.65 bits per heavy atom. The van der Waals surface area contributed by atoms with E-state index in [-0.39, 0.29) is 36.9 Å². The Kier molecular flexibility index (Phi) is 6.27. The van der Waals surface area contributed by atoms with Crippen LogP contribution >= 0.6 is 0 Å². The smallest absolute Gasteiger partial charge is 0.317 e. The van der Waals surface area contributed by atoms with Crippen LogP contribution in [0.5, 0.6) is 0 Å². The number of carbonyl (C=O) groups is 3. The quantitative estimate of drug-likeness (QED) is 0.658. The summed E-state index contributed by atoms with van der Waals surface area (Å²) in [6.07, 6.45) is 1.54. The Balaban J connectivity index is 2.24. The standard InChI is InChI=1S/C13H23N3O4/c1-9(2)15-11(17)7-14-13(20)16-6-5-10(8-16)3-4-12(18)19/h9-10H,3-8H2,1-2H3,(H,14,20)(H,15,17)(H,18,19). The fraction of sp³-hybridized carbons (Fsp3) is 0.769. The molecule has 1 atom stereocenters. The molecule has 3 N–H and O–H groups in total. The van der Waals surface area contributed by atoms with Crippen molar-refractivity contribution in [2.24, 2.45) is 5.92 Å². The van der Waals surface area contributed by atoms with Crippen molar-refractivity contribution in [2.75, 3.05) is 19.6 Å². The number of likely N-dealkylation sites (tertiary alicyclic amines) is 1. The lowest BCUT2D eigenvalue weighted by atomic mass is 10.0. The van der Waals surface area contributed by atoms with Crippen molar-refractivity contribution in [3.63, 3.8) is 0 Å². The van der Waals surface area contributed by atoms with Gasteiger partial charge in [0.25, 0.3) is 0 Å². The fourth-order valence-corrected chi connectivity index (χ4v) is 2.22. The van der Waals surface area contributed by atoms with Gasteiger partial charge in [0, 0.05) is 25.6 Å². The lowest BCUT2D eigenvalue weighted by Gasteiger charge is -2.17. The molecule has 0 radical (unpaired) electrons. The van der Waals surface area contributed by atoms with Gasteiger partial charge in [0.2, 0.25) is 5.91 Å². The number of carboxylic acid groups (broad SMARTS) is 1. The van der Waals surface area contributed by atoms with Gasteiger partial charge in [0.1, 0.15) is 0 Å². The van der Waals surface area contributed by atoms with Crippen molar-refractivity contribution in [1.82, 2.24) is 15.5 Å². The third-order valence-electron chi connectivity index (χ3n) is 3.19. The minimum atomic E-state index is -0.807. The molecule has 0 spiro atoms. The van der Waals surface area contributed by atoms with Gasteiger partial charge in [0.05, 0.1) is 6.54 Å². The third kappa shape index (κ3) is 5.90. The molecule has 3 amide bonds. The Bertz CT molecular complexity index is 371. The summed E-state index contributed by atoms with van der Waals surface area (Å²) in [6.45, 7) is 4.85. The maximum Gasteiger partial charge on any atom is 0.317 e. The van der Waals surface area contributed by atoms with E-state index in [4.69, 9.17) is 5.11 Å². The van der Waals surface area contributed by atoms with Crippen molar-refractivity contribution >= 4 is 17.9 Å². The monoisotopic (exact) mass is 285 g/mol. The average Bonchev–Trinajstić information content (AvgIpc) is 2.81. The molecule has 0 saturated carbocycles. The first kappa shape index (κ1) is 16.3. The molecule has 0 aromatic carbocycles. The highest BCUT2D eigenvalue weighted by atomic mass is 16.4. The van der Waals surface area contributed by atoms with Gasteiger partial charge in [-0.15, -0.1) is 0 Å².